The number of azo groups is 1. The molecule has 1 aromatic carbocycles. The Morgan fingerprint density at radius 1 is 1.24 bits per heavy atom. The van der Waals surface area contributed by atoms with Crippen LogP contribution in [0.5, 0.6) is 0 Å². The van der Waals surface area contributed by atoms with Gasteiger partial charge < -0.3 is 5.11 Å². The molecule has 0 amide bonds. The number of thiophene rings is 1. The Labute approximate surface area is 144 Å². The molecule has 25 heavy (non-hydrogen) atoms. The van der Waals surface area contributed by atoms with E-state index in [1.54, 1.807) is 0 Å². The van der Waals surface area contributed by atoms with Gasteiger partial charge in [0, 0.05) is 22.4 Å². The van der Waals surface area contributed by atoms with Crippen molar-refractivity contribution in [2.75, 3.05) is 6.67 Å². The maximum atomic E-state index is 14.2. The highest BCUT2D eigenvalue weighted by Gasteiger charge is 2.26. The van der Waals surface area contributed by atoms with E-state index in [9.17, 15) is 23.5 Å². The minimum absolute atomic E-state index is 0.0340. The van der Waals surface area contributed by atoms with Gasteiger partial charge in [-0.2, -0.15) is 5.11 Å². The van der Waals surface area contributed by atoms with E-state index < -0.39 is 23.4 Å². The molecule has 2 aromatic rings. The monoisotopic (exact) mass is 363 g/mol. The Kier molecular flexibility index (Phi) is 4.49. The van der Waals surface area contributed by atoms with Crippen molar-refractivity contribution in [3.05, 3.63) is 45.2 Å². The maximum Gasteiger partial charge on any atom is 0.337 e. The number of hydrogen-bond donors (Lipinski definition) is 1. The number of carboxylic acid groups (broad SMARTS) is 1. The number of carbonyl (C=O) groups excluding carboxylic acids is 1. The Bertz CT molecular complexity index is 950. The van der Waals surface area contributed by atoms with Crippen LogP contribution in [0.15, 0.2) is 32.7 Å². The van der Waals surface area contributed by atoms with Gasteiger partial charge in [0.2, 0.25) is 11.6 Å². The predicted octanol–water partition coefficient (Wildman–Crippen LogP) is 3.63. The molecule has 0 saturated heterocycles. The van der Waals surface area contributed by atoms with Gasteiger partial charge >= 0.3 is 5.97 Å². The molecule has 6 nitrogen and oxygen atoms in total. The van der Waals surface area contributed by atoms with Gasteiger partial charge in [0.1, 0.15) is 0 Å². The quantitative estimate of drug-likeness (QED) is 0.879. The molecular weight excluding hydrogens is 352 g/mol. The van der Waals surface area contributed by atoms with Gasteiger partial charge in [-0.3, -0.25) is 4.79 Å². The number of amidine groups is 1. The van der Waals surface area contributed by atoms with E-state index in [1.807, 2.05) is 0 Å². The van der Waals surface area contributed by atoms with Crippen LogP contribution in [0.1, 0.15) is 20.8 Å². The number of aryl methyl sites for hydroxylation is 1. The fourth-order valence-corrected chi connectivity index (χ4v) is 3.45. The van der Waals surface area contributed by atoms with Gasteiger partial charge in [-0.15, -0.1) is 16.5 Å². The number of carboxylic acids is 1. The summed E-state index contributed by atoms with van der Waals surface area (Å²) in [5.74, 6) is -4.02. The van der Waals surface area contributed by atoms with Crippen LogP contribution in [0, 0.1) is 18.6 Å². The largest absolute Gasteiger partial charge is 0.478 e. The molecule has 0 atom stereocenters. The zero-order chi connectivity index (χ0) is 18.1. The van der Waals surface area contributed by atoms with Crippen molar-refractivity contribution < 1.29 is 23.5 Å². The fourth-order valence-electron chi connectivity index (χ4n) is 2.41. The standard InChI is InChI=1S/C16H11F2N3O3S/c1-7-2-3-8(14(18)13(7)17)9-5-25-11(12(9)16(23)24)4-10(22)15-19-6-20-21-15/h2-3,5H,4,6H2,1H3,(H,23,24). The van der Waals surface area contributed by atoms with Crippen LogP contribution in [0.25, 0.3) is 11.1 Å². The van der Waals surface area contributed by atoms with Crippen molar-refractivity contribution in [1.82, 2.24) is 0 Å². The molecule has 0 spiro atoms. The van der Waals surface area contributed by atoms with Crippen LogP contribution in [-0.4, -0.2) is 29.4 Å². The van der Waals surface area contributed by atoms with Crippen LogP contribution >= 0.6 is 11.3 Å². The number of rotatable bonds is 5. The average Bonchev–Trinajstić information content (AvgIpc) is 3.22. The van der Waals surface area contributed by atoms with Crippen LogP contribution < -0.4 is 0 Å². The third kappa shape index (κ3) is 3.10. The summed E-state index contributed by atoms with van der Waals surface area (Å²) in [6, 6.07) is 2.69. The minimum atomic E-state index is -1.32. The lowest BCUT2D eigenvalue weighted by molar-refractivity contribution is -0.112. The van der Waals surface area contributed by atoms with E-state index in [0.717, 1.165) is 11.3 Å². The Balaban J connectivity index is 2.04. The topological polar surface area (TPSA) is 91.5 Å². The normalized spacial score (nSPS) is 13.2. The number of Topliss-reactive ketones (excluding diaryl/α,β-unsaturated/α-hetero) is 1. The molecule has 0 saturated carbocycles. The number of hydrogen-bond acceptors (Lipinski definition) is 6. The molecular formula is C16H11F2N3O3S. The number of nitrogens with zero attached hydrogens (tertiary/aromatic N) is 3. The molecule has 128 valence electrons. The molecule has 0 unspecified atom stereocenters. The third-order valence-electron chi connectivity index (χ3n) is 3.67. The smallest absolute Gasteiger partial charge is 0.337 e. The zero-order valence-electron chi connectivity index (χ0n) is 12.9. The highest BCUT2D eigenvalue weighted by molar-refractivity contribution is 7.11. The van der Waals surface area contributed by atoms with Crippen molar-refractivity contribution in [1.29, 1.82) is 0 Å². The molecule has 2 heterocycles. The molecule has 0 radical (unpaired) electrons. The van der Waals surface area contributed by atoms with Crippen LogP contribution in [0.4, 0.5) is 8.78 Å². The first-order valence-corrected chi connectivity index (χ1v) is 8.02. The molecule has 1 N–H and O–H groups in total. The van der Waals surface area contributed by atoms with E-state index in [4.69, 9.17) is 0 Å². The lowest BCUT2D eigenvalue weighted by atomic mass is 9.99. The second-order valence-electron chi connectivity index (χ2n) is 5.28. The summed E-state index contributed by atoms with van der Waals surface area (Å²) >= 11 is 0.987. The fraction of sp³-hybridized carbons (Fsp3) is 0.188. The van der Waals surface area contributed by atoms with E-state index in [0.29, 0.717) is 0 Å². The number of ketones is 1. The first-order valence-electron chi connectivity index (χ1n) is 7.14. The third-order valence-corrected chi connectivity index (χ3v) is 4.65. The highest BCUT2D eigenvalue weighted by atomic mass is 32.1. The number of benzene rings is 1. The lowest BCUT2D eigenvalue weighted by Crippen LogP contribution is -2.14. The van der Waals surface area contributed by atoms with E-state index >= 15 is 0 Å². The number of aromatic carboxylic acids is 1. The first kappa shape index (κ1) is 17.0. The Morgan fingerprint density at radius 3 is 2.64 bits per heavy atom. The van der Waals surface area contributed by atoms with E-state index in [2.05, 4.69) is 15.2 Å². The molecule has 9 heteroatoms. The summed E-state index contributed by atoms with van der Waals surface area (Å²) < 4.78 is 28.1. The van der Waals surface area contributed by atoms with Gasteiger partial charge in [-0.25, -0.2) is 18.6 Å². The van der Waals surface area contributed by atoms with Gasteiger partial charge in [0.25, 0.3) is 0 Å². The van der Waals surface area contributed by atoms with Crippen molar-refractivity contribution >= 4 is 28.9 Å². The number of aliphatic imine (C=N–C) groups is 1. The summed E-state index contributed by atoms with van der Waals surface area (Å²) in [4.78, 5) is 27.8. The first-order chi connectivity index (χ1) is 11.9. The SMILES string of the molecule is Cc1ccc(-c2csc(CC(=O)C3=NCN=N3)c2C(=O)O)c(F)c1F. The van der Waals surface area contributed by atoms with Crippen molar-refractivity contribution in [2.24, 2.45) is 15.2 Å². The zero-order valence-corrected chi connectivity index (χ0v) is 13.7. The molecule has 3 rings (SSSR count). The summed E-state index contributed by atoms with van der Waals surface area (Å²) in [5.41, 5.74) is -0.232. The van der Waals surface area contributed by atoms with Gasteiger partial charge in [-0.05, 0) is 17.9 Å². The van der Waals surface area contributed by atoms with Crippen molar-refractivity contribution in [3.63, 3.8) is 0 Å². The van der Waals surface area contributed by atoms with Crippen molar-refractivity contribution in [2.45, 2.75) is 13.3 Å². The Hall–Kier alpha value is -2.81. The van der Waals surface area contributed by atoms with Gasteiger partial charge in [0.05, 0.1) is 5.56 Å². The second kappa shape index (κ2) is 6.60. The van der Waals surface area contributed by atoms with Gasteiger partial charge in [-0.1, -0.05) is 12.1 Å². The molecule has 0 fully saturated rings. The second-order valence-corrected chi connectivity index (χ2v) is 6.24. The minimum Gasteiger partial charge on any atom is -0.478 e. The Morgan fingerprint density at radius 2 is 2.00 bits per heavy atom. The molecule has 1 aromatic heterocycles. The van der Waals surface area contributed by atoms with Gasteiger partial charge in [0.15, 0.2) is 18.3 Å². The lowest BCUT2D eigenvalue weighted by Gasteiger charge is -2.07. The summed E-state index contributed by atoms with van der Waals surface area (Å²) in [6.45, 7) is 1.48. The summed E-state index contributed by atoms with van der Waals surface area (Å²) in [6.07, 6.45) is -0.250. The molecule has 1 aliphatic heterocycles. The summed E-state index contributed by atoms with van der Waals surface area (Å²) in [5, 5.41) is 18.0. The van der Waals surface area contributed by atoms with E-state index in [-0.39, 0.29) is 46.1 Å². The van der Waals surface area contributed by atoms with E-state index in [1.165, 1.54) is 24.4 Å². The van der Waals surface area contributed by atoms with Crippen LogP contribution in [0.3, 0.4) is 0 Å². The predicted molar refractivity (Wildman–Crippen MR) is 87.2 cm³/mol. The van der Waals surface area contributed by atoms with Crippen molar-refractivity contribution in [3.8, 4) is 11.1 Å². The number of carbonyl (C=O) groups is 2. The number of halogens is 2. The average molecular weight is 363 g/mol. The van der Waals surface area contributed by atoms with Crippen LogP contribution in [0.2, 0.25) is 0 Å². The highest BCUT2D eigenvalue weighted by Crippen LogP contribution is 2.35. The molecule has 1 aliphatic rings. The molecule has 0 bridgehead atoms. The summed E-state index contributed by atoms with van der Waals surface area (Å²) in [7, 11) is 0. The maximum absolute atomic E-state index is 14.2. The molecule has 0 aliphatic carbocycles. The van der Waals surface area contributed by atoms with Crippen LogP contribution in [-0.2, 0) is 11.2 Å².